The summed E-state index contributed by atoms with van der Waals surface area (Å²) >= 11 is 0. The SMILES string of the molecule is CCCCCN(C(=O)c1nn(C)cc1N)C(C)C. The molecule has 0 atom stereocenters. The normalized spacial score (nSPS) is 10.9. The summed E-state index contributed by atoms with van der Waals surface area (Å²) in [5, 5.41) is 4.14. The van der Waals surface area contributed by atoms with Crippen LogP contribution in [0.3, 0.4) is 0 Å². The molecule has 5 nitrogen and oxygen atoms in total. The molecule has 0 saturated heterocycles. The lowest BCUT2D eigenvalue weighted by atomic mass is 10.2. The number of rotatable bonds is 6. The first-order valence-electron chi connectivity index (χ1n) is 6.57. The lowest BCUT2D eigenvalue weighted by molar-refractivity contribution is 0.0696. The average molecular weight is 252 g/mol. The van der Waals surface area contributed by atoms with E-state index in [1.54, 1.807) is 17.9 Å². The molecule has 1 heterocycles. The minimum absolute atomic E-state index is 0.0702. The molecular weight excluding hydrogens is 228 g/mol. The van der Waals surface area contributed by atoms with Gasteiger partial charge >= 0.3 is 0 Å². The van der Waals surface area contributed by atoms with Crippen molar-refractivity contribution >= 4 is 11.6 Å². The van der Waals surface area contributed by atoms with E-state index in [0.717, 1.165) is 25.8 Å². The maximum Gasteiger partial charge on any atom is 0.276 e. The Morgan fingerprint density at radius 1 is 1.50 bits per heavy atom. The van der Waals surface area contributed by atoms with Gasteiger partial charge in [0.2, 0.25) is 0 Å². The van der Waals surface area contributed by atoms with E-state index in [0.29, 0.717) is 11.4 Å². The number of carbonyl (C=O) groups is 1. The first-order valence-corrected chi connectivity index (χ1v) is 6.57. The highest BCUT2D eigenvalue weighted by Gasteiger charge is 2.22. The number of amides is 1. The third kappa shape index (κ3) is 3.48. The van der Waals surface area contributed by atoms with Crippen molar-refractivity contribution in [2.24, 2.45) is 7.05 Å². The van der Waals surface area contributed by atoms with E-state index in [-0.39, 0.29) is 11.9 Å². The van der Waals surface area contributed by atoms with Gasteiger partial charge in [-0.2, -0.15) is 5.10 Å². The van der Waals surface area contributed by atoms with E-state index in [1.165, 1.54) is 0 Å². The van der Waals surface area contributed by atoms with Gasteiger partial charge in [0, 0.05) is 25.8 Å². The number of nitrogens with two attached hydrogens (primary N) is 1. The Hall–Kier alpha value is -1.52. The molecule has 18 heavy (non-hydrogen) atoms. The zero-order valence-corrected chi connectivity index (χ0v) is 11.8. The van der Waals surface area contributed by atoms with E-state index in [9.17, 15) is 4.79 Å². The minimum atomic E-state index is -0.0702. The number of aryl methyl sites for hydroxylation is 1. The molecule has 0 aliphatic heterocycles. The zero-order valence-electron chi connectivity index (χ0n) is 11.8. The summed E-state index contributed by atoms with van der Waals surface area (Å²) in [7, 11) is 1.77. The van der Waals surface area contributed by atoms with E-state index < -0.39 is 0 Å². The van der Waals surface area contributed by atoms with Crippen LogP contribution in [0, 0.1) is 0 Å². The van der Waals surface area contributed by atoms with Crippen LogP contribution in [-0.4, -0.2) is 33.2 Å². The molecule has 0 spiro atoms. The van der Waals surface area contributed by atoms with Gasteiger partial charge in [-0.15, -0.1) is 0 Å². The first kappa shape index (κ1) is 14.5. The van der Waals surface area contributed by atoms with E-state index >= 15 is 0 Å². The third-order valence-electron chi connectivity index (χ3n) is 2.95. The summed E-state index contributed by atoms with van der Waals surface area (Å²) in [6, 6.07) is 0.163. The van der Waals surface area contributed by atoms with Crippen molar-refractivity contribution in [1.29, 1.82) is 0 Å². The number of anilines is 1. The number of unbranched alkanes of at least 4 members (excludes halogenated alkanes) is 2. The fourth-order valence-corrected chi connectivity index (χ4v) is 1.94. The molecule has 1 rings (SSSR count). The molecule has 0 bridgehead atoms. The highest BCUT2D eigenvalue weighted by atomic mass is 16.2. The van der Waals surface area contributed by atoms with Crippen LogP contribution < -0.4 is 5.73 Å². The molecule has 0 aliphatic carbocycles. The minimum Gasteiger partial charge on any atom is -0.396 e. The fourth-order valence-electron chi connectivity index (χ4n) is 1.94. The van der Waals surface area contributed by atoms with Crippen LogP contribution in [0.4, 0.5) is 5.69 Å². The average Bonchev–Trinajstić information content (AvgIpc) is 2.63. The lowest BCUT2D eigenvalue weighted by Crippen LogP contribution is -2.38. The van der Waals surface area contributed by atoms with Gasteiger partial charge in [0.05, 0.1) is 5.69 Å². The molecule has 5 heteroatoms. The second-order valence-corrected chi connectivity index (χ2v) is 4.91. The van der Waals surface area contributed by atoms with Crippen molar-refractivity contribution in [2.45, 2.75) is 46.1 Å². The second kappa shape index (κ2) is 6.42. The van der Waals surface area contributed by atoms with Gasteiger partial charge in [0.25, 0.3) is 5.91 Å². The first-order chi connectivity index (χ1) is 8.47. The third-order valence-corrected chi connectivity index (χ3v) is 2.95. The Bertz CT molecular complexity index is 398. The predicted octanol–water partition coefficient (Wildman–Crippen LogP) is 2.04. The quantitative estimate of drug-likeness (QED) is 0.788. The topological polar surface area (TPSA) is 64.2 Å². The zero-order chi connectivity index (χ0) is 13.7. The Kier molecular flexibility index (Phi) is 5.19. The van der Waals surface area contributed by atoms with Crippen molar-refractivity contribution in [1.82, 2.24) is 14.7 Å². The van der Waals surface area contributed by atoms with Gasteiger partial charge in [-0.1, -0.05) is 19.8 Å². The molecule has 1 aromatic rings. The van der Waals surface area contributed by atoms with Gasteiger partial charge in [-0.25, -0.2) is 0 Å². The van der Waals surface area contributed by atoms with Crippen molar-refractivity contribution < 1.29 is 4.79 Å². The molecule has 1 aromatic heterocycles. The standard InChI is InChI=1S/C13H24N4O/c1-5-6-7-8-17(10(2)3)13(18)12-11(14)9-16(4)15-12/h9-10H,5-8,14H2,1-4H3. The fraction of sp³-hybridized carbons (Fsp3) is 0.692. The van der Waals surface area contributed by atoms with Crippen molar-refractivity contribution in [3.05, 3.63) is 11.9 Å². The van der Waals surface area contributed by atoms with Gasteiger partial charge in [0.15, 0.2) is 5.69 Å². The number of hydrogen-bond acceptors (Lipinski definition) is 3. The van der Waals surface area contributed by atoms with Crippen molar-refractivity contribution in [3.63, 3.8) is 0 Å². The summed E-state index contributed by atoms with van der Waals surface area (Å²) < 4.78 is 1.58. The van der Waals surface area contributed by atoms with Crippen LogP contribution in [0.25, 0.3) is 0 Å². The van der Waals surface area contributed by atoms with E-state index in [1.807, 2.05) is 18.7 Å². The van der Waals surface area contributed by atoms with Crippen LogP contribution in [0.5, 0.6) is 0 Å². The molecule has 0 fully saturated rings. The van der Waals surface area contributed by atoms with Crippen LogP contribution >= 0.6 is 0 Å². The summed E-state index contributed by atoms with van der Waals surface area (Å²) in [6.07, 6.45) is 4.96. The maximum absolute atomic E-state index is 12.4. The molecule has 102 valence electrons. The van der Waals surface area contributed by atoms with Gasteiger partial charge in [-0.3, -0.25) is 9.48 Å². The Labute approximate surface area is 109 Å². The Balaban J connectivity index is 2.79. The second-order valence-electron chi connectivity index (χ2n) is 4.91. The van der Waals surface area contributed by atoms with Crippen LogP contribution in [0.2, 0.25) is 0 Å². The van der Waals surface area contributed by atoms with Crippen molar-refractivity contribution in [3.8, 4) is 0 Å². The predicted molar refractivity (Wildman–Crippen MR) is 73.3 cm³/mol. The summed E-state index contributed by atoms with van der Waals surface area (Å²) in [5.74, 6) is -0.0702. The maximum atomic E-state index is 12.4. The highest BCUT2D eigenvalue weighted by Crippen LogP contribution is 2.14. The molecule has 0 saturated carbocycles. The largest absolute Gasteiger partial charge is 0.396 e. The Morgan fingerprint density at radius 2 is 2.17 bits per heavy atom. The molecule has 0 aliphatic rings. The van der Waals surface area contributed by atoms with Crippen LogP contribution in [0.1, 0.15) is 50.5 Å². The molecule has 2 N–H and O–H groups in total. The number of carbonyl (C=O) groups excluding carboxylic acids is 1. The monoisotopic (exact) mass is 252 g/mol. The summed E-state index contributed by atoms with van der Waals surface area (Å²) in [6.45, 7) is 6.95. The lowest BCUT2D eigenvalue weighted by Gasteiger charge is -2.26. The number of nitrogen functional groups attached to an aromatic ring is 1. The van der Waals surface area contributed by atoms with Gasteiger partial charge in [-0.05, 0) is 20.3 Å². The van der Waals surface area contributed by atoms with Crippen LogP contribution in [-0.2, 0) is 7.05 Å². The number of hydrogen-bond donors (Lipinski definition) is 1. The van der Waals surface area contributed by atoms with E-state index in [2.05, 4.69) is 12.0 Å². The Morgan fingerprint density at radius 3 is 2.61 bits per heavy atom. The number of nitrogens with zero attached hydrogens (tertiary/aromatic N) is 3. The molecule has 0 aromatic carbocycles. The molecule has 1 amide bonds. The van der Waals surface area contributed by atoms with E-state index in [4.69, 9.17) is 5.73 Å². The van der Waals surface area contributed by atoms with Crippen LogP contribution in [0.15, 0.2) is 6.20 Å². The van der Waals surface area contributed by atoms with Gasteiger partial charge < -0.3 is 10.6 Å². The molecule has 0 unspecified atom stereocenters. The molecular formula is C13H24N4O. The van der Waals surface area contributed by atoms with Gasteiger partial charge in [0.1, 0.15) is 0 Å². The summed E-state index contributed by atoms with van der Waals surface area (Å²) in [5.41, 5.74) is 6.62. The summed E-state index contributed by atoms with van der Waals surface area (Å²) in [4.78, 5) is 14.2. The smallest absolute Gasteiger partial charge is 0.276 e. The highest BCUT2D eigenvalue weighted by molar-refractivity contribution is 5.97. The number of aromatic nitrogens is 2. The molecule has 0 radical (unpaired) electrons. The van der Waals surface area contributed by atoms with Crippen molar-refractivity contribution in [2.75, 3.05) is 12.3 Å².